The molecule has 28 heavy (non-hydrogen) atoms. The van der Waals surface area contributed by atoms with Crippen molar-refractivity contribution in [3.05, 3.63) is 48.5 Å². The van der Waals surface area contributed by atoms with Gasteiger partial charge < -0.3 is 4.18 Å². The van der Waals surface area contributed by atoms with E-state index >= 15 is 0 Å². The predicted octanol–water partition coefficient (Wildman–Crippen LogP) is 3.70. The molecule has 7 nitrogen and oxygen atoms in total. The van der Waals surface area contributed by atoms with Gasteiger partial charge in [-0.1, -0.05) is 24.3 Å². The summed E-state index contributed by atoms with van der Waals surface area (Å²) in [6, 6.07) is 12.7. The molecule has 0 saturated heterocycles. The topological polar surface area (TPSA) is 111 Å². The van der Waals surface area contributed by atoms with E-state index in [1.165, 1.54) is 23.5 Å². The molecule has 0 spiro atoms. The average Bonchev–Trinajstić information content (AvgIpc) is 2.96. The Bertz CT molecular complexity index is 1150. The van der Waals surface area contributed by atoms with Crippen molar-refractivity contribution in [3.8, 4) is 16.3 Å². The summed E-state index contributed by atoms with van der Waals surface area (Å²) in [6.07, 6.45) is 0.715. The predicted molar refractivity (Wildman–Crippen MR) is 98.1 cm³/mol. The van der Waals surface area contributed by atoms with Crippen LogP contribution in [0.15, 0.2) is 48.5 Å². The second-order valence-electron chi connectivity index (χ2n) is 5.20. The molecule has 152 valence electrons. The van der Waals surface area contributed by atoms with Crippen molar-refractivity contribution in [2.24, 2.45) is 0 Å². The van der Waals surface area contributed by atoms with Crippen LogP contribution in [-0.2, 0) is 20.2 Å². The van der Waals surface area contributed by atoms with Gasteiger partial charge in [0.15, 0.2) is 5.75 Å². The molecule has 13 heteroatoms. The van der Waals surface area contributed by atoms with E-state index in [0.29, 0.717) is 16.8 Å². The van der Waals surface area contributed by atoms with Crippen molar-refractivity contribution in [2.75, 3.05) is 6.26 Å². The van der Waals surface area contributed by atoms with Crippen LogP contribution < -0.4 is 4.18 Å². The SMILES string of the molecule is CS(=O)(=O)O.O=S(=O)(Oc1ccccc1-c1nc2ccccc2s1)C(F)(F)F. The zero-order valence-corrected chi connectivity index (χ0v) is 16.4. The van der Waals surface area contributed by atoms with E-state index < -0.39 is 31.5 Å². The fraction of sp³-hybridized carbons (Fsp3) is 0.133. The number of fused-ring (bicyclic) bond motifs is 1. The minimum absolute atomic E-state index is 0.182. The van der Waals surface area contributed by atoms with Crippen molar-refractivity contribution in [2.45, 2.75) is 5.51 Å². The molecule has 0 amide bonds. The summed E-state index contributed by atoms with van der Waals surface area (Å²) >= 11 is 1.23. The van der Waals surface area contributed by atoms with Gasteiger partial charge in [0.05, 0.1) is 22.0 Å². The van der Waals surface area contributed by atoms with Crippen LogP contribution in [0.2, 0.25) is 0 Å². The molecule has 0 aliphatic carbocycles. The second kappa shape index (κ2) is 8.03. The van der Waals surface area contributed by atoms with Crippen molar-refractivity contribution in [1.29, 1.82) is 0 Å². The van der Waals surface area contributed by atoms with E-state index in [0.717, 1.165) is 10.8 Å². The van der Waals surface area contributed by atoms with Crippen LogP contribution in [0.1, 0.15) is 0 Å². The maximum absolute atomic E-state index is 12.5. The molecule has 0 saturated carbocycles. The van der Waals surface area contributed by atoms with Crippen LogP contribution in [0.3, 0.4) is 0 Å². The minimum atomic E-state index is -5.73. The van der Waals surface area contributed by atoms with Crippen LogP contribution in [0.25, 0.3) is 20.8 Å². The van der Waals surface area contributed by atoms with Gasteiger partial charge in [0.2, 0.25) is 0 Å². The van der Waals surface area contributed by atoms with Crippen LogP contribution in [0.5, 0.6) is 5.75 Å². The summed E-state index contributed by atoms with van der Waals surface area (Å²) in [7, 11) is -9.40. The van der Waals surface area contributed by atoms with Gasteiger partial charge in [0, 0.05) is 0 Å². The molecule has 0 unspecified atom stereocenters. The highest BCUT2D eigenvalue weighted by atomic mass is 32.2. The molecule has 0 bridgehead atoms. The fourth-order valence-corrected chi connectivity index (χ4v) is 3.34. The number of rotatable bonds is 3. The Kier molecular flexibility index (Phi) is 6.33. The standard InChI is InChI=1S/C14H8F3NO3S2.CH4O3S/c15-14(16,17)23(19,20)21-11-7-3-1-5-9(11)13-18-10-6-2-4-8-12(10)22-13;1-5(2,3)4/h1-8H;1H3,(H,2,3,4). The monoisotopic (exact) mass is 455 g/mol. The first-order chi connectivity index (χ1) is 12.8. The number of hydrogen-bond acceptors (Lipinski definition) is 7. The number of halogens is 3. The summed E-state index contributed by atoms with van der Waals surface area (Å²) in [5, 5.41) is 0.374. The molecular formula is C15H12F3NO6S3. The molecule has 2 aromatic carbocycles. The van der Waals surface area contributed by atoms with Crippen molar-refractivity contribution in [3.63, 3.8) is 0 Å². The molecule has 0 fully saturated rings. The van der Waals surface area contributed by atoms with Gasteiger partial charge >= 0.3 is 15.6 Å². The largest absolute Gasteiger partial charge is 0.534 e. The Balaban J connectivity index is 0.000000500. The second-order valence-corrected chi connectivity index (χ2v) is 9.23. The highest BCUT2D eigenvalue weighted by Gasteiger charge is 2.48. The van der Waals surface area contributed by atoms with E-state index in [-0.39, 0.29) is 5.56 Å². The first-order valence-corrected chi connectivity index (χ1v) is 11.2. The van der Waals surface area contributed by atoms with Crippen LogP contribution in [-0.4, -0.2) is 38.1 Å². The number of thiazole rings is 1. The summed E-state index contributed by atoms with van der Waals surface area (Å²) < 4.78 is 90.9. The van der Waals surface area contributed by atoms with Crippen molar-refractivity contribution in [1.82, 2.24) is 4.98 Å². The summed E-state index contributed by atoms with van der Waals surface area (Å²) in [4.78, 5) is 4.30. The summed E-state index contributed by atoms with van der Waals surface area (Å²) in [6.45, 7) is 0. The van der Waals surface area contributed by atoms with E-state index in [4.69, 9.17) is 4.55 Å². The highest BCUT2D eigenvalue weighted by Crippen LogP contribution is 2.37. The zero-order chi connectivity index (χ0) is 21.2. The number of alkyl halides is 3. The quantitative estimate of drug-likeness (QED) is 0.364. The van der Waals surface area contributed by atoms with Gasteiger partial charge in [0.1, 0.15) is 5.01 Å². The van der Waals surface area contributed by atoms with E-state index in [9.17, 15) is 30.0 Å². The highest BCUT2D eigenvalue weighted by molar-refractivity contribution is 7.88. The van der Waals surface area contributed by atoms with Gasteiger partial charge in [-0.3, -0.25) is 4.55 Å². The van der Waals surface area contributed by atoms with Crippen LogP contribution in [0.4, 0.5) is 13.2 Å². The number of benzene rings is 2. The van der Waals surface area contributed by atoms with Crippen LogP contribution in [0, 0.1) is 0 Å². The lowest BCUT2D eigenvalue weighted by Gasteiger charge is -2.11. The number of nitrogens with zero attached hydrogens (tertiary/aromatic N) is 1. The molecule has 1 N–H and O–H groups in total. The van der Waals surface area contributed by atoms with E-state index in [1.54, 1.807) is 24.3 Å². The third kappa shape index (κ3) is 5.89. The molecule has 0 aliphatic rings. The van der Waals surface area contributed by atoms with Crippen LogP contribution >= 0.6 is 11.3 Å². The molecular weight excluding hydrogens is 443 g/mol. The minimum Gasteiger partial charge on any atom is -0.375 e. The molecule has 3 aromatic rings. The Morgan fingerprint density at radius 2 is 1.54 bits per heavy atom. The maximum Gasteiger partial charge on any atom is 0.534 e. The third-order valence-corrected chi connectivity index (χ3v) is 4.93. The smallest absolute Gasteiger partial charge is 0.375 e. The molecule has 0 atom stereocenters. The summed E-state index contributed by atoms with van der Waals surface area (Å²) in [5.41, 5.74) is -4.64. The van der Waals surface area contributed by atoms with Gasteiger partial charge in [-0.15, -0.1) is 11.3 Å². The fourth-order valence-electron chi connectivity index (χ4n) is 1.87. The molecule has 3 rings (SSSR count). The van der Waals surface area contributed by atoms with Gasteiger partial charge in [-0.25, -0.2) is 4.98 Å². The van der Waals surface area contributed by atoms with E-state index in [2.05, 4.69) is 9.17 Å². The van der Waals surface area contributed by atoms with Gasteiger partial charge in [-0.05, 0) is 24.3 Å². The molecule has 0 radical (unpaired) electrons. The number of hydrogen-bond donors (Lipinski definition) is 1. The van der Waals surface area contributed by atoms with Gasteiger partial charge in [-0.2, -0.15) is 30.0 Å². The zero-order valence-electron chi connectivity index (χ0n) is 13.9. The number of para-hydroxylation sites is 2. The van der Waals surface area contributed by atoms with Crippen molar-refractivity contribution >= 4 is 41.8 Å². The normalized spacial score (nSPS) is 12.3. The van der Waals surface area contributed by atoms with Gasteiger partial charge in [0.25, 0.3) is 10.1 Å². The first-order valence-electron chi connectivity index (χ1n) is 7.16. The first kappa shape index (κ1) is 22.1. The summed E-state index contributed by atoms with van der Waals surface area (Å²) in [5.74, 6) is -0.413. The molecule has 1 heterocycles. The Hall–Kier alpha value is -2.22. The molecule has 1 aromatic heterocycles. The maximum atomic E-state index is 12.5. The molecule has 0 aliphatic heterocycles. The number of aromatic nitrogens is 1. The Morgan fingerprint density at radius 3 is 2.11 bits per heavy atom. The lowest BCUT2D eigenvalue weighted by atomic mass is 10.2. The Labute approximate surface area is 162 Å². The van der Waals surface area contributed by atoms with Crippen molar-refractivity contribution < 1.29 is 38.7 Å². The average molecular weight is 455 g/mol. The third-order valence-electron chi connectivity index (χ3n) is 2.89. The Morgan fingerprint density at radius 1 is 1.00 bits per heavy atom. The van der Waals surface area contributed by atoms with E-state index in [1.807, 2.05) is 6.07 Å². The lowest BCUT2D eigenvalue weighted by Crippen LogP contribution is -2.28. The lowest BCUT2D eigenvalue weighted by molar-refractivity contribution is -0.0499.